The summed E-state index contributed by atoms with van der Waals surface area (Å²) in [5.74, 6) is -1.52. The fourth-order valence-corrected chi connectivity index (χ4v) is 3.19. The van der Waals surface area contributed by atoms with Gasteiger partial charge < -0.3 is 9.64 Å². The highest BCUT2D eigenvalue weighted by Crippen LogP contribution is 2.32. The average molecular weight is 380 g/mol. The van der Waals surface area contributed by atoms with Gasteiger partial charge in [0.05, 0.1) is 11.0 Å². The number of nitro benzene ring substituents is 1. The molecule has 1 aromatic carbocycles. The van der Waals surface area contributed by atoms with E-state index in [1.165, 1.54) is 24.1 Å². The quantitative estimate of drug-likeness (QED) is 0.441. The summed E-state index contributed by atoms with van der Waals surface area (Å²) in [5.41, 5.74) is -1.68. The van der Waals surface area contributed by atoms with Crippen molar-refractivity contribution in [1.82, 2.24) is 4.90 Å². The number of nitrogens with zero attached hydrogens (tertiary/aromatic N) is 3. The first kappa shape index (κ1) is 19.7. The summed E-state index contributed by atoms with van der Waals surface area (Å²) in [6.07, 6.45) is 3.86. The molecule has 2 rings (SSSR count). The fraction of sp³-hybridized carbons (Fsp3) is 0.471. The molecule has 1 amide bonds. The molecule has 0 spiro atoms. The number of likely N-dealkylation sites (N-methyl/N-ethyl adjacent to an activating group) is 1. The summed E-state index contributed by atoms with van der Waals surface area (Å²) in [6, 6.07) is 5.75. The number of rotatable bonds is 5. The van der Waals surface area contributed by atoms with Gasteiger partial charge in [-0.3, -0.25) is 14.9 Å². The number of benzene rings is 1. The van der Waals surface area contributed by atoms with E-state index < -0.39 is 34.6 Å². The molecule has 9 heteroatoms. The van der Waals surface area contributed by atoms with Crippen molar-refractivity contribution < 1.29 is 19.2 Å². The largest absolute Gasteiger partial charge is 0.452 e. The lowest BCUT2D eigenvalue weighted by molar-refractivity contribution is -0.385. The molecule has 8 nitrogen and oxygen atoms in total. The highest BCUT2D eigenvalue weighted by Gasteiger charge is 2.39. The monoisotopic (exact) mass is 379 g/mol. The number of hydrogen-bond acceptors (Lipinski definition) is 6. The molecule has 0 atom stereocenters. The van der Waals surface area contributed by atoms with Gasteiger partial charge in [-0.2, -0.15) is 5.26 Å². The first-order valence-corrected chi connectivity index (χ1v) is 8.47. The first-order chi connectivity index (χ1) is 12.3. The third-order valence-electron chi connectivity index (χ3n) is 4.61. The van der Waals surface area contributed by atoms with Gasteiger partial charge in [0, 0.05) is 18.1 Å². The molecule has 1 aliphatic carbocycles. The van der Waals surface area contributed by atoms with Crippen LogP contribution in [0.15, 0.2) is 18.2 Å². The van der Waals surface area contributed by atoms with E-state index >= 15 is 0 Å². The summed E-state index contributed by atoms with van der Waals surface area (Å²) < 4.78 is 4.93. The Labute approximate surface area is 155 Å². The van der Waals surface area contributed by atoms with Crippen LogP contribution in [0.5, 0.6) is 0 Å². The third kappa shape index (κ3) is 4.11. The second-order valence-electron chi connectivity index (χ2n) is 6.15. The third-order valence-corrected chi connectivity index (χ3v) is 4.84. The molecule has 1 saturated carbocycles. The summed E-state index contributed by atoms with van der Waals surface area (Å²) >= 11 is 5.70. The Hall–Kier alpha value is -2.66. The van der Waals surface area contributed by atoms with Crippen LogP contribution in [0.4, 0.5) is 5.69 Å². The molecule has 0 heterocycles. The standard InChI is InChI=1S/C17H18ClN3O5/c1-20(17(11-19)7-3-2-4-8-17)15(22)10-26-16(23)13-6-5-12(18)9-14(13)21(24)25/h5-6,9H,2-4,7-8,10H2,1H3. The molecule has 0 aromatic heterocycles. The predicted molar refractivity (Wildman–Crippen MR) is 92.6 cm³/mol. The van der Waals surface area contributed by atoms with Gasteiger partial charge in [-0.15, -0.1) is 0 Å². The Morgan fingerprint density at radius 1 is 1.38 bits per heavy atom. The van der Waals surface area contributed by atoms with E-state index in [0.29, 0.717) is 12.8 Å². The average Bonchev–Trinajstić information content (AvgIpc) is 2.65. The Morgan fingerprint density at radius 3 is 2.62 bits per heavy atom. The Kier molecular flexibility index (Phi) is 6.16. The molecule has 0 N–H and O–H groups in total. The van der Waals surface area contributed by atoms with E-state index in [1.54, 1.807) is 0 Å². The van der Waals surface area contributed by atoms with E-state index in [9.17, 15) is 25.0 Å². The van der Waals surface area contributed by atoms with Gasteiger partial charge in [-0.25, -0.2) is 4.79 Å². The van der Waals surface area contributed by atoms with Crippen molar-refractivity contribution in [2.24, 2.45) is 0 Å². The van der Waals surface area contributed by atoms with Crippen LogP contribution in [-0.2, 0) is 9.53 Å². The van der Waals surface area contributed by atoms with Gasteiger partial charge in [-0.05, 0) is 25.0 Å². The van der Waals surface area contributed by atoms with Gasteiger partial charge in [0.2, 0.25) is 0 Å². The first-order valence-electron chi connectivity index (χ1n) is 8.10. The maximum Gasteiger partial charge on any atom is 0.345 e. The van der Waals surface area contributed by atoms with Crippen LogP contribution in [0, 0.1) is 21.4 Å². The second kappa shape index (κ2) is 8.15. The van der Waals surface area contributed by atoms with E-state index in [4.69, 9.17) is 16.3 Å². The number of carbonyl (C=O) groups is 2. The molecule has 138 valence electrons. The zero-order valence-electron chi connectivity index (χ0n) is 14.2. The zero-order valence-corrected chi connectivity index (χ0v) is 15.0. The van der Waals surface area contributed by atoms with E-state index in [0.717, 1.165) is 25.3 Å². The summed E-state index contributed by atoms with van der Waals surface area (Å²) in [4.78, 5) is 36.1. The number of nitro groups is 1. The van der Waals surface area contributed by atoms with Crippen LogP contribution in [-0.4, -0.2) is 40.9 Å². The minimum atomic E-state index is -0.996. The molecule has 1 fully saturated rings. The maximum absolute atomic E-state index is 12.4. The van der Waals surface area contributed by atoms with Gasteiger partial charge in [-0.1, -0.05) is 30.9 Å². The lowest BCUT2D eigenvalue weighted by Gasteiger charge is -2.38. The summed E-state index contributed by atoms with van der Waals surface area (Å²) in [6.45, 7) is -0.599. The van der Waals surface area contributed by atoms with Gasteiger partial charge in [0.1, 0.15) is 11.1 Å². The molecule has 26 heavy (non-hydrogen) atoms. The van der Waals surface area contributed by atoms with Crippen molar-refractivity contribution in [2.75, 3.05) is 13.7 Å². The number of nitriles is 1. The fourth-order valence-electron chi connectivity index (χ4n) is 3.03. The van der Waals surface area contributed by atoms with Crippen molar-refractivity contribution in [3.8, 4) is 6.07 Å². The number of carbonyl (C=O) groups excluding carboxylic acids is 2. The van der Waals surface area contributed by atoms with Crippen molar-refractivity contribution in [3.63, 3.8) is 0 Å². The minimum Gasteiger partial charge on any atom is -0.452 e. The van der Waals surface area contributed by atoms with E-state index in [2.05, 4.69) is 6.07 Å². The molecule has 1 aromatic rings. The predicted octanol–water partition coefficient (Wildman–Crippen LogP) is 3.09. The van der Waals surface area contributed by atoms with E-state index in [-0.39, 0.29) is 10.6 Å². The van der Waals surface area contributed by atoms with Gasteiger partial charge in [0.25, 0.3) is 11.6 Å². The molecule has 0 radical (unpaired) electrons. The van der Waals surface area contributed by atoms with Crippen LogP contribution >= 0.6 is 11.6 Å². The second-order valence-corrected chi connectivity index (χ2v) is 6.59. The van der Waals surface area contributed by atoms with Crippen LogP contribution in [0.3, 0.4) is 0 Å². The number of hydrogen-bond donors (Lipinski definition) is 0. The van der Waals surface area contributed by atoms with Crippen LogP contribution in [0.2, 0.25) is 5.02 Å². The van der Waals surface area contributed by atoms with Crippen LogP contribution in [0.1, 0.15) is 42.5 Å². The smallest absolute Gasteiger partial charge is 0.345 e. The van der Waals surface area contributed by atoms with Crippen molar-refractivity contribution >= 4 is 29.2 Å². The summed E-state index contributed by atoms with van der Waals surface area (Å²) in [5, 5.41) is 20.6. The van der Waals surface area contributed by atoms with Crippen LogP contribution in [0.25, 0.3) is 0 Å². The molecular weight excluding hydrogens is 362 g/mol. The summed E-state index contributed by atoms with van der Waals surface area (Å²) in [7, 11) is 1.51. The topological polar surface area (TPSA) is 114 Å². The Morgan fingerprint density at radius 2 is 2.04 bits per heavy atom. The highest BCUT2D eigenvalue weighted by atomic mass is 35.5. The molecule has 0 saturated heterocycles. The van der Waals surface area contributed by atoms with Gasteiger partial charge >= 0.3 is 5.97 Å². The van der Waals surface area contributed by atoms with Crippen molar-refractivity contribution in [1.29, 1.82) is 5.26 Å². The molecule has 1 aliphatic rings. The normalized spacial score (nSPS) is 15.6. The number of amides is 1. The SMILES string of the molecule is CN(C(=O)COC(=O)c1ccc(Cl)cc1[N+](=O)[O-])C1(C#N)CCCCC1. The highest BCUT2D eigenvalue weighted by molar-refractivity contribution is 6.31. The maximum atomic E-state index is 12.4. The van der Waals surface area contributed by atoms with Gasteiger partial charge in [0.15, 0.2) is 6.61 Å². The Bertz CT molecular complexity index is 768. The van der Waals surface area contributed by atoms with Crippen LogP contribution < -0.4 is 0 Å². The minimum absolute atomic E-state index is 0.109. The molecule has 0 bridgehead atoms. The molecule has 0 unspecified atom stereocenters. The van der Waals surface area contributed by atoms with Crippen molar-refractivity contribution in [3.05, 3.63) is 38.9 Å². The van der Waals surface area contributed by atoms with Crippen molar-refractivity contribution in [2.45, 2.75) is 37.6 Å². The van der Waals surface area contributed by atoms with E-state index in [1.807, 2.05) is 0 Å². The zero-order chi connectivity index (χ0) is 19.3. The molecular formula is C17H18ClN3O5. The number of ether oxygens (including phenoxy) is 1. The lowest BCUT2D eigenvalue weighted by atomic mass is 9.81. The number of esters is 1. The molecule has 0 aliphatic heterocycles. The Balaban J connectivity index is 2.06. The lowest BCUT2D eigenvalue weighted by Crippen LogP contribution is -2.51. The number of halogens is 1.